The minimum absolute atomic E-state index is 0.528. The van der Waals surface area contributed by atoms with Gasteiger partial charge in [0.15, 0.2) is 11.5 Å². The zero-order valence-corrected chi connectivity index (χ0v) is 13.9. The average molecular weight is 291 g/mol. The smallest absolute Gasteiger partial charge is 0.161 e. The molecule has 0 unspecified atom stereocenters. The van der Waals surface area contributed by atoms with E-state index in [1.54, 1.807) is 7.11 Å². The van der Waals surface area contributed by atoms with E-state index in [4.69, 9.17) is 9.47 Å². The second-order valence-corrected chi connectivity index (χ2v) is 6.74. The molecule has 1 aliphatic rings. The second-order valence-electron chi connectivity index (χ2n) is 6.74. The van der Waals surface area contributed by atoms with E-state index in [-0.39, 0.29) is 0 Å². The molecular weight excluding hydrogens is 262 g/mol. The summed E-state index contributed by atoms with van der Waals surface area (Å²) < 4.78 is 11.0. The van der Waals surface area contributed by atoms with Crippen LogP contribution in [-0.2, 0) is 6.54 Å². The predicted molar refractivity (Wildman–Crippen MR) is 87.0 cm³/mol. The third-order valence-electron chi connectivity index (χ3n) is 4.46. The molecule has 2 rings (SSSR count). The lowest BCUT2D eigenvalue weighted by Crippen LogP contribution is -2.35. The van der Waals surface area contributed by atoms with Crippen molar-refractivity contribution in [2.45, 2.75) is 59.0 Å². The number of ether oxygens (including phenoxy) is 2. The first-order valence-electron chi connectivity index (χ1n) is 8.07. The molecule has 1 aliphatic carbocycles. The summed E-state index contributed by atoms with van der Waals surface area (Å²) in [6.07, 6.45) is 5.19. The molecule has 1 aromatic rings. The van der Waals surface area contributed by atoms with Gasteiger partial charge in [-0.15, -0.1) is 0 Å². The van der Waals surface area contributed by atoms with Crippen LogP contribution >= 0.6 is 0 Å². The molecule has 21 heavy (non-hydrogen) atoms. The Kier molecular flexibility index (Phi) is 5.51. The molecule has 118 valence electrons. The van der Waals surface area contributed by atoms with E-state index < -0.39 is 0 Å². The van der Waals surface area contributed by atoms with Crippen molar-refractivity contribution >= 4 is 0 Å². The SMILES string of the molecule is CCOc1cc(CNC2CCC(C)(C)CC2)ccc1OC. The van der Waals surface area contributed by atoms with Gasteiger partial charge in [-0.1, -0.05) is 19.9 Å². The Morgan fingerprint density at radius 2 is 1.90 bits per heavy atom. The van der Waals surface area contributed by atoms with Gasteiger partial charge in [0.25, 0.3) is 0 Å². The minimum atomic E-state index is 0.528. The van der Waals surface area contributed by atoms with E-state index >= 15 is 0 Å². The van der Waals surface area contributed by atoms with E-state index in [0.717, 1.165) is 18.0 Å². The molecule has 0 saturated heterocycles. The standard InChI is InChI=1S/C18H29NO2/c1-5-21-17-12-14(6-7-16(17)20-4)13-19-15-8-10-18(2,3)11-9-15/h6-7,12,15,19H,5,8-11,13H2,1-4H3. The largest absolute Gasteiger partial charge is 0.493 e. The predicted octanol–water partition coefficient (Wildman–Crippen LogP) is 4.15. The Bertz CT molecular complexity index is 447. The number of methoxy groups -OCH3 is 1. The quantitative estimate of drug-likeness (QED) is 0.854. The molecular formula is C18H29NO2. The van der Waals surface area contributed by atoms with E-state index in [2.05, 4.69) is 31.3 Å². The van der Waals surface area contributed by atoms with Crippen molar-refractivity contribution in [3.63, 3.8) is 0 Å². The average Bonchev–Trinajstić information content (AvgIpc) is 2.47. The van der Waals surface area contributed by atoms with Crippen LogP contribution in [0.4, 0.5) is 0 Å². The summed E-state index contributed by atoms with van der Waals surface area (Å²) >= 11 is 0. The highest BCUT2D eigenvalue weighted by Gasteiger charge is 2.26. The van der Waals surface area contributed by atoms with Gasteiger partial charge in [0.2, 0.25) is 0 Å². The van der Waals surface area contributed by atoms with Gasteiger partial charge < -0.3 is 14.8 Å². The van der Waals surface area contributed by atoms with Crippen LogP contribution < -0.4 is 14.8 Å². The Labute approximate surface area is 129 Å². The van der Waals surface area contributed by atoms with Crippen LogP contribution in [0.15, 0.2) is 18.2 Å². The van der Waals surface area contributed by atoms with Crippen LogP contribution in [-0.4, -0.2) is 19.8 Å². The summed E-state index contributed by atoms with van der Waals surface area (Å²) in [5, 5.41) is 3.69. The molecule has 0 spiro atoms. The van der Waals surface area contributed by atoms with Crippen LogP contribution in [0, 0.1) is 5.41 Å². The molecule has 1 N–H and O–H groups in total. The highest BCUT2D eigenvalue weighted by molar-refractivity contribution is 5.42. The van der Waals surface area contributed by atoms with Crippen molar-refractivity contribution < 1.29 is 9.47 Å². The first kappa shape index (κ1) is 16.2. The molecule has 1 fully saturated rings. The van der Waals surface area contributed by atoms with Gasteiger partial charge in [-0.05, 0) is 55.7 Å². The summed E-state index contributed by atoms with van der Waals surface area (Å²) in [5.74, 6) is 1.64. The topological polar surface area (TPSA) is 30.5 Å². The van der Waals surface area contributed by atoms with Gasteiger partial charge in [0.1, 0.15) is 0 Å². The molecule has 0 aromatic heterocycles. The normalized spacial score (nSPS) is 18.5. The van der Waals surface area contributed by atoms with Crippen molar-refractivity contribution in [1.82, 2.24) is 5.32 Å². The van der Waals surface area contributed by atoms with E-state index in [0.29, 0.717) is 18.1 Å². The molecule has 3 heteroatoms. The molecule has 1 aromatic carbocycles. The first-order valence-corrected chi connectivity index (χ1v) is 8.07. The molecule has 0 heterocycles. The van der Waals surface area contributed by atoms with Crippen LogP contribution in [0.1, 0.15) is 52.0 Å². The monoisotopic (exact) mass is 291 g/mol. The van der Waals surface area contributed by atoms with Crippen LogP contribution in [0.25, 0.3) is 0 Å². The fourth-order valence-electron chi connectivity index (χ4n) is 2.96. The number of hydrogen-bond acceptors (Lipinski definition) is 3. The summed E-state index contributed by atoms with van der Waals surface area (Å²) in [5.41, 5.74) is 1.78. The number of benzene rings is 1. The van der Waals surface area contributed by atoms with Crippen molar-refractivity contribution in [1.29, 1.82) is 0 Å². The Hall–Kier alpha value is -1.22. The second kappa shape index (κ2) is 7.17. The maximum atomic E-state index is 5.63. The fraction of sp³-hybridized carbons (Fsp3) is 0.667. The lowest BCUT2D eigenvalue weighted by molar-refractivity contribution is 0.206. The van der Waals surface area contributed by atoms with Crippen LogP contribution in [0.3, 0.4) is 0 Å². The molecule has 0 bridgehead atoms. The molecule has 0 amide bonds. The summed E-state index contributed by atoms with van der Waals surface area (Å²) in [6.45, 7) is 8.30. The third kappa shape index (κ3) is 4.63. The Morgan fingerprint density at radius 1 is 1.19 bits per heavy atom. The lowest BCUT2D eigenvalue weighted by Gasteiger charge is -2.34. The fourth-order valence-corrected chi connectivity index (χ4v) is 2.96. The maximum absolute atomic E-state index is 5.63. The lowest BCUT2D eigenvalue weighted by atomic mass is 9.75. The van der Waals surface area contributed by atoms with E-state index in [9.17, 15) is 0 Å². The van der Waals surface area contributed by atoms with Crippen LogP contribution in [0.2, 0.25) is 0 Å². The van der Waals surface area contributed by atoms with Gasteiger partial charge in [0, 0.05) is 12.6 Å². The molecule has 0 atom stereocenters. The van der Waals surface area contributed by atoms with Crippen molar-refractivity contribution in [3.8, 4) is 11.5 Å². The first-order chi connectivity index (χ1) is 10.0. The highest BCUT2D eigenvalue weighted by Crippen LogP contribution is 2.35. The minimum Gasteiger partial charge on any atom is -0.493 e. The van der Waals surface area contributed by atoms with Gasteiger partial charge in [0.05, 0.1) is 13.7 Å². The summed E-state index contributed by atoms with van der Waals surface area (Å²) in [6, 6.07) is 6.84. The summed E-state index contributed by atoms with van der Waals surface area (Å²) in [7, 11) is 1.68. The Balaban J connectivity index is 1.90. The van der Waals surface area contributed by atoms with E-state index in [1.807, 2.05) is 13.0 Å². The van der Waals surface area contributed by atoms with Gasteiger partial charge >= 0.3 is 0 Å². The van der Waals surface area contributed by atoms with Crippen molar-refractivity contribution in [3.05, 3.63) is 23.8 Å². The van der Waals surface area contributed by atoms with Gasteiger partial charge in [-0.3, -0.25) is 0 Å². The zero-order valence-electron chi connectivity index (χ0n) is 13.9. The number of rotatable bonds is 6. The highest BCUT2D eigenvalue weighted by atomic mass is 16.5. The number of nitrogens with one attached hydrogen (secondary N) is 1. The molecule has 1 saturated carbocycles. The van der Waals surface area contributed by atoms with Gasteiger partial charge in [-0.2, -0.15) is 0 Å². The molecule has 3 nitrogen and oxygen atoms in total. The van der Waals surface area contributed by atoms with Crippen molar-refractivity contribution in [2.75, 3.05) is 13.7 Å². The molecule has 0 radical (unpaired) electrons. The third-order valence-corrected chi connectivity index (χ3v) is 4.46. The summed E-state index contributed by atoms with van der Waals surface area (Å²) in [4.78, 5) is 0. The zero-order chi connectivity index (χ0) is 15.3. The van der Waals surface area contributed by atoms with E-state index in [1.165, 1.54) is 31.2 Å². The molecule has 0 aliphatic heterocycles. The number of hydrogen-bond donors (Lipinski definition) is 1. The van der Waals surface area contributed by atoms with Crippen LogP contribution in [0.5, 0.6) is 11.5 Å². The Morgan fingerprint density at radius 3 is 2.52 bits per heavy atom. The van der Waals surface area contributed by atoms with Gasteiger partial charge in [-0.25, -0.2) is 0 Å². The van der Waals surface area contributed by atoms with Crippen molar-refractivity contribution in [2.24, 2.45) is 5.41 Å². The maximum Gasteiger partial charge on any atom is 0.161 e.